The van der Waals surface area contributed by atoms with Crippen LogP contribution in [0.4, 0.5) is 0 Å². The molecule has 0 saturated carbocycles. The summed E-state index contributed by atoms with van der Waals surface area (Å²) >= 11 is 0.694. The van der Waals surface area contributed by atoms with Crippen LogP contribution in [0.1, 0.15) is 108 Å². The van der Waals surface area contributed by atoms with E-state index in [1.54, 1.807) is 123 Å². The number of guanidine groups is 2. The third-order valence-corrected chi connectivity index (χ3v) is 24.8. The number of carboxylic acids is 1. The van der Waals surface area contributed by atoms with Crippen LogP contribution in [0.15, 0.2) is 170 Å². The van der Waals surface area contributed by atoms with Gasteiger partial charge in [-0.1, -0.05) is 173 Å². The zero-order valence-corrected chi connectivity index (χ0v) is 82.1. The number of aliphatic hydroxyl groups excluding tert-OH is 2. The average Bonchev–Trinajstić information content (AvgIpc) is 1.78. The molecule has 28 N–H and O–H groups in total. The van der Waals surface area contributed by atoms with Crippen LogP contribution >= 0.6 is 11.8 Å². The van der Waals surface area contributed by atoms with E-state index in [0.29, 0.717) is 44.9 Å². The van der Waals surface area contributed by atoms with E-state index in [2.05, 4.69) is 84.7 Å². The lowest BCUT2D eigenvalue weighted by Crippen LogP contribution is -2.62. The number of rotatable bonds is 29. The molecule has 1 aromatic heterocycles. The standard InChI is InChI=1S/C99H131N23O21S/c1-54(2)42-70-90(136)119-82(55(3)4)94(140)117-76(51-123)92(138)118-77(84(130)108-50-79(100)126)52-144-53-80(127)109-71(43-58-22-12-9-13-23-58)86(132)113-72(45-61-34-38-65(125)39-35-61)88(134)115-75(48-81(128)129)89(135)114-74(47-64-49-107-67-29-19-18-28-66(64)67)91(137)120-83(57(6)124)95(141)116-73(44-60-32-36-63(37-33-60)62-26-16-11-17-27-62)87(133)111-69(31-21-41-106-99(103)104)97(143)121(7)56(5)96(142)122(8)78(46-59-24-14-10-15-25-59)93(139)110-68(85(131)112-70)30-20-40-105-98(101)102/h9-19,22-29,32-39,49,54-57,68-78,82-83,107,123-125H,20-21,30-31,40-48,50-53H2,1-8H3,(H2,100,126)(H,108,130)(H,109,127)(H,110,139)(H,111,133)(H,112,131)(H,113,132)(H,114,135)(H,115,134)(H,116,141)(H,117,140)(H,118,138)(H,119,136)(H,120,137)(H,128,129)(H4,101,102,105)(H4,103,104,106)/t56-,57+,68-,69-,70-,71-,72-,73-,74-,75-,76-,77-,78-,82-,83-/m0/s1. The zero-order valence-electron chi connectivity index (χ0n) is 81.3. The van der Waals surface area contributed by atoms with Gasteiger partial charge in [0.25, 0.3) is 0 Å². The Morgan fingerprint density at radius 3 is 1.43 bits per heavy atom. The monoisotopic (exact) mass is 2010 g/mol. The summed E-state index contributed by atoms with van der Waals surface area (Å²) in [5, 5.41) is 98.3. The third-order valence-electron chi connectivity index (χ3n) is 23.8. The number of hydrogen-bond donors (Lipinski definition) is 25. The Labute approximate surface area is 836 Å². The Balaban J connectivity index is 1.24. The van der Waals surface area contributed by atoms with Crippen LogP contribution in [0.2, 0.25) is 0 Å². The Bertz CT molecular complexity index is 5630. The highest BCUT2D eigenvalue weighted by atomic mass is 32.2. The molecule has 7 aromatic rings. The van der Waals surface area contributed by atoms with Crippen molar-refractivity contribution in [1.82, 2.24) is 94.5 Å². The lowest BCUT2D eigenvalue weighted by atomic mass is 9.99. The van der Waals surface area contributed by atoms with Crippen molar-refractivity contribution in [2.24, 2.45) is 29.0 Å². The maximum Gasteiger partial charge on any atom is 0.305 e. The average molecular weight is 2010 g/mol. The molecule has 774 valence electrons. The lowest BCUT2D eigenvalue weighted by molar-refractivity contribution is -0.148. The second-order valence-electron chi connectivity index (χ2n) is 35.9. The molecule has 6 aromatic carbocycles. The molecule has 0 aliphatic carbocycles. The third kappa shape index (κ3) is 35.9. The van der Waals surface area contributed by atoms with Crippen molar-refractivity contribution < 1.29 is 102 Å². The summed E-state index contributed by atoms with van der Waals surface area (Å²) in [5.41, 5.74) is 20.8. The van der Waals surface area contributed by atoms with Crippen LogP contribution in [0.25, 0.3) is 22.0 Å². The van der Waals surface area contributed by atoms with E-state index >= 15 is 47.9 Å². The number of phenolic OH excluding ortho intramolecular Hbond substituents is 1. The van der Waals surface area contributed by atoms with Crippen LogP contribution in [-0.4, -0.2) is 290 Å². The van der Waals surface area contributed by atoms with Gasteiger partial charge in [-0.25, -0.2) is 0 Å². The predicted molar refractivity (Wildman–Crippen MR) is 535 cm³/mol. The number of hydrogen-bond acceptors (Lipinski definition) is 23. The topological polar surface area (TPSA) is 700 Å². The molecule has 1 aliphatic heterocycles. The van der Waals surface area contributed by atoms with E-state index in [4.69, 9.17) is 28.0 Å². The number of carbonyl (C=O) groups is 17. The number of benzene rings is 6. The van der Waals surface area contributed by atoms with Crippen LogP contribution in [0.3, 0.4) is 0 Å². The quantitative estimate of drug-likeness (QED) is 0.0137. The Morgan fingerprint density at radius 1 is 0.458 bits per heavy atom. The van der Waals surface area contributed by atoms with Crippen molar-refractivity contribution in [2.45, 2.75) is 203 Å². The number of aromatic hydroxyl groups is 1. The molecule has 8 rings (SSSR count). The van der Waals surface area contributed by atoms with Crippen LogP contribution in [0.5, 0.6) is 5.75 Å². The van der Waals surface area contributed by atoms with Gasteiger partial charge in [-0.05, 0) is 115 Å². The first kappa shape index (κ1) is 114. The van der Waals surface area contributed by atoms with Gasteiger partial charge in [0.1, 0.15) is 90.3 Å². The normalized spacial score (nSPS) is 22.5. The number of thioether (sulfide) groups is 1. The first-order chi connectivity index (χ1) is 68.5. The lowest BCUT2D eigenvalue weighted by Gasteiger charge is -2.35. The summed E-state index contributed by atoms with van der Waals surface area (Å²) in [6.45, 7) is 6.99. The van der Waals surface area contributed by atoms with E-state index in [1.807, 2.05) is 30.3 Å². The first-order valence-electron chi connectivity index (χ1n) is 47.0. The van der Waals surface area contributed by atoms with E-state index < -0.39 is 253 Å². The number of carboxylic acid groups (broad SMARTS) is 1. The summed E-state index contributed by atoms with van der Waals surface area (Å²) in [4.78, 5) is 255. The molecule has 0 radical (unpaired) electrons. The molecule has 15 atom stereocenters. The van der Waals surface area contributed by atoms with Crippen LogP contribution in [0, 0.1) is 22.7 Å². The molecule has 0 spiro atoms. The zero-order chi connectivity index (χ0) is 106. The highest BCUT2D eigenvalue weighted by Crippen LogP contribution is 2.25. The first-order valence-corrected chi connectivity index (χ1v) is 48.2. The van der Waals surface area contributed by atoms with Gasteiger partial charge in [0, 0.05) is 82.1 Å². The minimum atomic E-state index is -2.13. The Morgan fingerprint density at radius 2 is 0.889 bits per heavy atom. The molecule has 45 heteroatoms. The molecule has 1 saturated heterocycles. The molecule has 44 nitrogen and oxygen atoms in total. The second kappa shape index (κ2) is 56.2. The molecule has 1 fully saturated rings. The maximum absolute atomic E-state index is 15.6. The predicted octanol–water partition coefficient (Wildman–Crippen LogP) is -2.03. The smallest absolute Gasteiger partial charge is 0.305 e. The van der Waals surface area contributed by atoms with E-state index in [1.165, 1.54) is 65.3 Å². The molecular weight excluding hydrogens is 1880 g/mol. The maximum atomic E-state index is 15.6. The van der Waals surface area contributed by atoms with E-state index in [9.17, 15) is 54.0 Å². The number of aromatic amines is 1. The molecular formula is C99H131N23O21S. The van der Waals surface area contributed by atoms with Gasteiger partial charge in [-0.2, -0.15) is 0 Å². The number of amides is 16. The number of carbonyl (C=O) groups excluding carboxylic acids is 16. The molecule has 2 heterocycles. The number of nitrogens with zero attached hydrogens (tertiary/aromatic N) is 2. The Hall–Kier alpha value is -15.5. The SMILES string of the molecule is CC(C)C[C@@H]1NC(=O)[C@H](CCCNC(=N)N)NC(=O)[C@H](Cc2ccccc2)N(C)C(=O)[C@H](C)N(C)C(=O)[C@H](CCCNC(=N)N)NC(=O)[C@H](Cc2ccc(-c3ccccc3)cc2)NC(=O)[C@H]([C@@H](C)O)NC(=O)[C@H](Cc2c[nH]c3ccccc23)NC(=O)[C@H](CC(=O)O)NC(=O)[C@H](Cc2ccc(O)cc2)NC(=O)[C@H](Cc2ccccc2)NC(=O)CSC[C@@H](C(=O)NCC(N)=O)NC(=O)[C@H](CO)NC(=O)[C@H](C(C)C)NC1=O. The largest absolute Gasteiger partial charge is 0.508 e. The molecule has 144 heavy (non-hydrogen) atoms. The summed E-state index contributed by atoms with van der Waals surface area (Å²) in [5.74, 6) is -22.1. The number of aromatic nitrogens is 1. The van der Waals surface area contributed by atoms with Crippen molar-refractivity contribution in [2.75, 3.05) is 51.8 Å². The van der Waals surface area contributed by atoms with Crippen molar-refractivity contribution in [3.63, 3.8) is 0 Å². The molecule has 0 bridgehead atoms. The minimum Gasteiger partial charge on any atom is -0.508 e. The number of aliphatic hydroxyl groups is 2. The highest BCUT2D eigenvalue weighted by Gasteiger charge is 2.42. The van der Waals surface area contributed by atoms with Crippen molar-refractivity contribution in [3.05, 3.63) is 198 Å². The number of nitrogens with two attached hydrogens (primary N) is 3. The summed E-state index contributed by atoms with van der Waals surface area (Å²) in [6.07, 6.45) is -3.90. The fourth-order valence-electron chi connectivity index (χ4n) is 15.8. The number of likely N-dealkylation sites (N-methyl/N-ethyl adjacent to an activating group) is 2. The van der Waals surface area contributed by atoms with Crippen molar-refractivity contribution >= 4 is 135 Å². The minimum absolute atomic E-state index is 0.00371. The van der Waals surface area contributed by atoms with Crippen LogP contribution < -0.4 is 97.0 Å². The molecule has 1 aliphatic rings. The van der Waals surface area contributed by atoms with Gasteiger partial charge < -0.3 is 132 Å². The summed E-state index contributed by atoms with van der Waals surface area (Å²) < 4.78 is 0. The Kier molecular flexibility index (Phi) is 44.4. The van der Waals surface area contributed by atoms with Gasteiger partial charge in [0.15, 0.2) is 11.9 Å². The molecule has 16 amide bonds. The van der Waals surface area contributed by atoms with Gasteiger partial charge in [-0.15, -0.1) is 11.8 Å². The van der Waals surface area contributed by atoms with E-state index in [-0.39, 0.29) is 81.7 Å². The van der Waals surface area contributed by atoms with Gasteiger partial charge in [0.2, 0.25) is 94.5 Å². The van der Waals surface area contributed by atoms with Gasteiger partial charge in [-0.3, -0.25) is 92.3 Å². The summed E-state index contributed by atoms with van der Waals surface area (Å²) in [7, 11) is 2.53. The number of nitrogens with one attached hydrogen (secondary N) is 18. The second-order valence-corrected chi connectivity index (χ2v) is 36.9. The summed E-state index contributed by atoms with van der Waals surface area (Å²) in [6, 6.07) is 20.6. The number of para-hydroxylation sites is 1. The van der Waals surface area contributed by atoms with Crippen LogP contribution in [-0.2, 0) is 114 Å². The molecule has 0 unspecified atom stereocenters. The van der Waals surface area contributed by atoms with Gasteiger partial charge >= 0.3 is 5.97 Å². The number of aliphatic carboxylic acids is 1. The van der Waals surface area contributed by atoms with Crippen molar-refractivity contribution in [1.29, 1.82) is 10.8 Å². The number of H-pyrrole nitrogens is 1. The fraction of sp³-hybridized carbons (Fsp3) is 0.424. The number of phenols is 1. The van der Waals surface area contributed by atoms with Crippen molar-refractivity contribution in [3.8, 4) is 16.9 Å². The van der Waals surface area contributed by atoms with Gasteiger partial charge in [0.05, 0.1) is 31.4 Å². The number of primary amides is 1. The number of fused-ring (bicyclic) bond motifs is 1. The van der Waals surface area contributed by atoms with E-state index in [0.717, 1.165) is 27.9 Å². The highest BCUT2D eigenvalue weighted by molar-refractivity contribution is 8.00. The fourth-order valence-corrected chi connectivity index (χ4v) is 16.6.